The van der Waals surface area contributed by atoms with Gasteiger partial charge in [-0.25, -0.2) is 0 Å². The van der Waals surface area contributed by atoms with Crippen LogP contribution in [-0.4, -0.2) is 32.3 Å². The van der Waals surface area contributed by atoms with Crippen LogP contribution < -0.4 is 10.1 Å². The third-order valence-electron chi connectivity index (χ3n) is 2.84. The molecule has 0 aliphatic carbocycles. The molecule has 0 radical (unpaired) electrons. The van der Waals surface area contributed by atoms with Gasteiger partial charge in [0.2, 0.25) is 0 Å². The van der Waals surface area contributed by atoms with E-state index < -0.39 is 0 Å². The summed E-state index contributed by atoms with van der Waals surface area (Å²) in [6.07, 6.45) is 0.733. The number of methoxy groups -OCH3 is 1. The lowest BCUT2D eigenvalue weighted by Gasteiger charge is -2.18. The maximum atomic E-state index is 11.7. The quantitative estimate of drug-likeness (QED) is 0.554. The summed E-state index contributed by atoms with van der Waals surface area (Å²) in [5.41, 5.74) is 0. The van der Waals surface area contributed by atoms with E-state index in [0.717, 1.165) is 16.6 Å². The molecule has 6 heteroatoms. The minimum atomic E-state index is -0.299. The van der Waals surface area contributed by atoms with Crippen molar-refractivity contribution in [1.29, 1.82) is 0 Å². The van der Waals surface area contributed by atoms with Crippen molar-refractivity contribution >= 4 is 33.5 Å². The van der Waals surface area contributed by atoms with Crippen molar-refractivity contribution in [1.82, 2.24) is 5.32 Å². The van der Waals surface area contributed by atoms with Gasteiger partial charge in [-0.1, -0.05) is 25.4 Å². The van der Waals surface area contributed by atoms with E-state index in [1.165, 1.54) is 7.11 Å². The van der Waals surface area contributed by atoms with Gasteiger partial charge in [-0.3, -0.25) is 4.79 Å². The lowest BCUT2D eigenvalue weighted by atomic mass is 10.0. The Hall–Kier alpha value is -0.780. The van der Waals surface area contributed by atoms with E-state index in [0.29, 0.717) is 24.1 Å². The second-order valence-electron chi connectivity index (χ2n) is 5.08. The summed E-state index contributed by atoms with van der Waals surface area (Å²) in [5.74, 6) is 0.893. The molecular formula is C15H21BrClNO3. The van der Waals surface area contributed by atoms with Crippen molar-refractivity contribution in [3.8, 4) is 5.75 Å². The van der Waals surface area contributed by atoms with Crippen molar-refractivity contribution in [3.05, 3.63) is 27.7 Å². The smallest absolute Gasteiger partial charge is 0.322 e. The highest BCUT2D eigenvalue weighted by molar-refractivity contribution is 9.10. The molecule has 0 spiro atoms. The van der Waals surface area contributed by atoms with Crippen molar-refractivity contribution in [3.63, 3.8) is 0 Å². The minimum absolute atomic E-state index is 0.239. The van der Waals surface area contributed by atoms with Crippen LogP contribution in [0.1, 0.15) is 20.3 Å². The topological polar surface area (TPSA) is 47.6 Å². The molecule has 0 heterocycles. The molecule has 4 nitrogen and oxygen atoms in total. The lowest BCUT2D eigenvalue weighted by molar-refractivity contribution is -0.143. The minimum Gasteiger partial charge on any atom is -0.491 e. The highest BCUT2D eigenvalue weighted by Gasteiger charge is 2.19. The molecule has 0 aliphatic rings. The molecule has 21 heavy (non-hydrogen) atoms. The Balaban J connectivity index is 2.41. The molecule has 1 aromatic rings. The molecule has 0 fully saturated rings. The van der Waals surface area contributed by atoms with Gasteiger partial charge in [0, 0.05) is 11.6 Å². The SMILES string of the molecule is COC(=O)C(CC(C)C)NCCOc1ccc(Cl)cc1Br. The van der Waals surface area contributed by atoms with Crippen LogP contribution in [-0.2, 0) is 9.53 Å². The highest BCUT2D eigenvalue weighted by atomic mass is 79.9. The fourth-order valence-electron chi connectivity index (χ4n) is 1.86. The average molecular weight is 379 g/mol. The summed E-state index contributed by atoms with van der Waals surface area (Å²) in [6, 6.07) is 5.05. The number of esters is 1. The molecule has 0 aromatic heterocycles. The van der Waals surface area contributed by atoms with Gasteiger partial charge >= 0.3 is 5.97 Å². The van der Waals surface area contributed by atoms with Gasteiger partial charge in [-0.15, -0.1) is 0 Å². The Bertz CT molecular complexity index is 468. The van der Waals surface area contributed by atoms with Crippen LogP contribution in [0.25, 0.3) is 0 Å². The number of halogens is 2. The number of hydrogen-bond donors (Lipinski definition) is 1. The Morgan fingerprint density at radius 3 is 2.71 bits per heavy atom. The largest absolute Gasteiger partial charge is 0.491 e. The number of ether oxygens (including phenoxy) is 2. The number of carbonyl (C=O) groups is 1. The van der Waals surface area contributed by atoms with Gasteiger partial charge in [0.1, 0.15) is 18.4 Å². The predicted molar refractivity (Wildman–Crippen MR) is 87.9 cm³/mol. The zero-order valence-electron chi connectivity index (χ0n) is 12.5. The van der Waals surface area contributed by atoms with Gasteiger partial charge in [0.15, 0.2) is 0 Å². The number of carbonyl (C=O) groups excluding carboxylic acids is 1. The number of nitrogens with one attached hydrogen (secondary N) is 1. The van der Waals surface area contributed by atoms with Crippen molar-refractivity contribution in [2.75, 3.05) is 20.3 Å². The first-order chi connectivity index (χ1) is 9.93. The van der Waals surface area contributed by atoms with Crippen LogP contribution in [0.5, 0.6) is 5.75 Å². The van der Waals surface area contributed by atoms with E-state index in [1.807, 2.05) is 0 Å². The van der Waals surface area contributed by atoms with Crippen LogP contribution in [0.2, 0.25) is 5.02 Å². The molecule has 118 valence electrons. The standard InChI is InChI=1S/C15H21BrClNO3/c1-10(2)8-13(15(19)20-3)18-6-7-21-14-5-4-11(17)9-12(14)16/h4-5,9-10,13,18H,6-8H2,1-3H3. The zero-order valence-corrected chi connectivity index (χ0v) is 14.8. The monoisotopic (exact) mass is 377 g/mol. The molecule has 1 rings (SSSR count). The van der Waals surface area contributed by atoms with E-state index in [9.17, 15) is 4.79 Å². The molecule has 0 bridgehead atoms. The van der Waals surface area contributed by atoms with Gasteiger partial charge in [-0.2, -0.15) is 0 Å². The third kappa shape index (κ3) is 6.68. The summed E-state index contributed by atoms with van der Waals surface area (Å²) >= 11 is 9.26. The fourth-order valence-corrected chi connectivity index (χ4v) is 2.66. The molecule has 0 saturated heterocycles. The molecule has 1 unspecified atom stereocenters. The zero-order chi connectivity index (χ0) is 15.8. The second kappa shape index (κ2) is 9.28. The van der Waals surface area contributed by atoms with Gasteiger partial charge in [-0.05, 0) is 46.5 Å². The Morgan fingerprint density at radius 1 is 1.43 bits per heavy atom. The Labute approximate surface area is 139 Å². The number of hydrogen-bond acceptors (Lipinski definition) is 4. The first kappa shape index (κ1) is 18.3. The summed E-state index contributed by atoms with van der Waals surface area (Å²) in [6.45, 7) is 5.14. The van der Waals surface area contributed by atoms with Crippen molar-refractivity contribution < 1.29 is 14.3 Å². The van der Waals surface area contributed by atoms with Crippen LogP contribution in [0.4, 0.5) is 0 Å². The molecule has 1 aromatic carbocycles. The summed E-state index contributed by atoms with van der Waals surface area (Å²) in [5, 5.41) is 3.81. The number of rotatable bonds is 8. The maximum Gasteiger partial charge on any atom is 0.322 e. The van der Waals surface area contributed by atoms with Gasteiger partial charge in [0.05, 0.1) is 11.6 Å². The van der Waals surface area contributed by atoms with Crippen LogP contribution in [0.15, 0.2) is 22.7 Å². The molecule has 0 aliphatic heterocycles. The molecule has 0 amide bonds. The molecule has 0 saturated carbocycles. The lowest BCUT2D eigenvalue weighted by Crippen LogP contribution is -2.40. The Morgan fingerprint density at radius 2 is 2.14 bits per heavy atom. The highest BCUT2D eigenvalue weighted by Crippen LogP contribution is 2.27. The summed E-state index contributed by atoms with van der Waals surface area (Å²) in [7, 11) is 1.40. The van der Waals surface area contributed by atoms with Crippen LogP contribution >= 0.6 is 27.5 Å². The van der Waals surface area contributed by atoms with E-state index in [4.69, 9.17) is 21.1 Å². The van der Waals surface area contributed by atoms with Crippen LogP contribution in [0.3, 0.4) is 0 Å². The molecule has 1 atom stereocenters. The maximum absolute atomic E-state index is 11.7. The summed E-state index contributed by atoms with van der Waals surface area (Å²) in [4.78, 5) is 11.7. The van der Waals surface area contributed by atoms with E-state index >= 15 is 0 Å². The van der Waals surface area contributed by atoms with Gasteiger partial charge < -0.3 is 14.8 Å². The van der Waals surface area contributed by atoms with Gasteiger partial charge in [0.25, 0.3) is 0 Å². The third-order valence-corrected chi connectivity index (χ3v) is 3.69. The molecular weight excluding hydrogens is 358 g/mol. The first-order valence-electron chi connectivity index (χ1n) is 6.83. The Kier molecular flexibility index (Phi) is 8.07. The van der Waals surface area contributed by atoms with Crippen molar-refractivity contribution in [2.45, 2.75) is 26.3 Å². The van der Waals surface area contributed by atoms with E-state index in [2.05, 4.69) is 35.1 Å². The van der Waals surface area contributed by atoms with Crippen molar-refractivity contribution in [2.24, 2.45) is 5.92 Å². The van der Waals surface area contributed by atoms with E-state index in [-0.39, 0.29) is 12.0 Å². The average Bonchev–Trinajstić information content (AvgIpc) is 2.42. The normalized spacial score (nSPS) is 12.3. The summed E-state index contributed by atoms with van der Waals surface area (Å²) < 4.78 is 11.2. The fraction of sp³-hybridized carbons (Fsp3) is 0.533. The first-order valence-corrected chi connectivity index (χ1v) is 8.00. The predicted octanol–water partition coefficient (Wildman–Crippen LogP) is 3.66. The molecule has 1 N–H and O–H groups in total. The van der Waals surface area contributed by atoms with Crippen LogP contribution in [0, 0.1) is 5.92 Å². The number of benzene rings is 1. The second-order valence-corrected chi connectivity index (χ2v) is 6.37. The van der Waals surface area contributed by atoms with E-state index in [1.54, 1.807) is 18.2 Å².